The molecule has 3 rings (SSSR count). The summed E-state index contributed by atoms with van der Waals surface area (Å²) in [7, 11) is 0. The molecule has 3 aromatic rings. The molecule has 0 saturated heterocycles. The van der Waals surface area contributed by atoms with Gasteiger partial charge in [0.25, 0.3) is 0 Å². The summed E-state index contributed by atoms with van der Waals surface area (Å²) >= 11 is 3.48. The summed E-state index contributed by atoms with van der Waals surface area (Å²) in [5.41, 5.74) is 4.45. The summed E-state index contributed by atoms with van der Waals surface area (Å²) in [6.07, 6.45) is 0. The van der Waals surface area contributed by atoms with Crippen molar-refractivity contribution in [2.45, 2.75) is 5.33 Å². The third-order valence-corrected chi connectivity index (χ3v) is 3.35. The predicted molar refractivity (Wildman–Crippen MR) is 73.3 cm³/mol. The molecule has 1 aromatic carbocycles. The van der Waals surface area contributed by atoms with E-state index in [1.54, 1.807) is 0 Å². The molecule has 0 unspecified atom stereocenters. The molecule has 0 fully saturated rings. The van der Waals surface area contributed by atoms with E-state index in [1.165, 1.54) is 0 Å². The maximum atomic E-state index is 4.64. The number of rotatable bonds is 2. The SMILES string of the molecule is BrCc1cccc2cc(-c3ccccc3)nn12. The van der Waals surface area contributed by atoms with Crippen molar-refractivity contribution in [3.8, 4) is 11.3 Å². The number of halogens is 1. The second kappa shape index (κ2) is 4.34. The highest BCUT2D eigenvalue weighted by Crippen LogP contribution is 2.20. The van der Waals surface area contributed by atoms with Crippen LogP contribution in [0.5, 0.6) is 0 Å². The van der Waals surface area contributed by atoms with Crippen LogP contribution in [-0.2, 0) is 5.33 Å². The minimum atomic E-state index is 0.806. The average molecular weight is 287 g/mol. The predicted octanol–water partition coefficient (Wildman–Crippen LogP) is 3.90. The van der Waals surface area contributed by atoms with Crippen molar-refractivity contribution in [2.24, 2.45) is 0 Å². The highest BCUT2D eigenvalue weighted by Gasteiger charge is 2.05. The van der Waals surface area contributed by atoms with Gasteiger partial charge in [-0.3, -0.25) is 0 Å². The molecule has 0 atom stereocenters. The third-order valence-electron chi connectivity index (χ3n) is 2.77. The van der Waals surface area contributed by atoms with Crippen molar-refractivity contribution >= 4 is 21.4 Å². The molecule has 0 aliphatic rings. The van der Waals surface area contributed by atoms with Crippen molar-refractivity contribution in [3.05, 3.63) is 60.3 Å². The van der Waals surface area contributed by atoms with Gasteiger partial charge in [0.05, 0.1) is 16.9 Å². The lowest BCUT2D eigenvalue weighted by Crippen LogP contribution is -1.94. The van der Waals surface area contributed by atoms with Crippen LogP contribution in [0.1, 0.15) is 5.69 Å². The van der Waals surface area contributed by atoms with Gasteiger partial charge in [0, 0.05) is 10.9 Å². The van der Waals surface area contributed by atoms with Crippen molar-refractivity contribution < 1.29 is 0 Å². The first-order valence-electron chi connectivity index (χ1n) is 5.47. The van der Waals surface area contributed by atoms with Crippen LogP contribution in [0, 0.1) is 0 Å². The summed E-state index contributed by atoms with van der Waals surface area (Å²) < 4.78 is 1.98. The molecule has 2 heterocycles. The van der Waals surface area contributed by atoms with Gasteiger partial charge in [-0.15, -0.1) is 0 Å². The number of pyridine rings is 1. The van der Waals surface area contributed by atoms with Gasteiger partial charge in [-0.05, 0) is 18.2 Å². The van der Waals surface area contributed by atoms with Gasteiger partial charge in [-0.25, -0.2) is 4.52 Å². The van der Waals surface area contributed by atoms with Gasteiger partial charge in [-0.2, -0.15) is 5.10 Å². The minimum absolute atomic E-state index is 0.806. The van der Waals surface area contributed by atoms with Crippen LogP contribution in [0.25, 0.3) is 16.8 Å². The first kappa shape index (κ1) is 10.5. The number of alkyl halides is 1. The zero-order chi connectivity index (χ0) is 11.7. The van der Waals surface area contributed by atoms with E-state index >= 15 is 0 Å². The van der Waals surface area contributed by atoms with Gasteiger partial charge in [0.1, 0.15) is 0 Å². The van der Waals surface area contributed by atoms with E-state index in [0.29, 0.717) is 0 Å². The molecule has 0 saturated carbocycles. The fourth-order valence-electron chi connectivity index (χ4n) is 1.92. The molecule has 2 nitrogen and oxygen atoms in total. The first-order valence-corrected chi connectivity index (χ1v) is 6.60. The van der Waals surface area contributed by atoms with Gasteiger partial charge in [0.2, 0.25) is 0 Å². The third kappa shape index (κ3) is 1.87. The topological polar surface area (TPSA) is 17.3 Å². The largest absolute Gasteiger partial charge is 0.236 e. The van der Waals surface area contributed by atoms with E-state index < -0.39 is 0 Å². The molecule has 84 valence electrons. The van der Waals surface area contributed by atoms with Gasteiger partial charge < -0.3 is 0 Å². The highest BCUT2D eigenvalue weighted by molar-refractivity contribution is 9.08. The molecular formula is C14H11BrN2. The molecule has 0 bridgehead atoms. The van der Waals surface area contributed by atoms with Crippen LogP contribution in [0.15, 0.2) is 54.6 Å². The van der Waals surface area contributed by atoms with Crippen LogP contribution < -0.4 is 0 Å². The molecule has 0 aliphatic carbocycles. The summed E-state index contributed by atoms with van der Waals surface area (Å²) in [5, 5.41) is 5.45. The van der Waals surface area contributed by atoms with E-state index in [9.17, 15) is 0 Å². The Balaban J connectivity index is 2.20. The summed E-state index contributed by atoms with van der Waals surface area (Å²) in [6.45, 7) is 0. The maximum Gasteiger partial charge on any atom is 0.0933 e. The van der Waals surface area contributed by atoms with Crippen LogP contribution >= 0.6 is 15.9 Å². The Morgan fingerprint density at radius 3 is 2.59 bits per heavy atom. The maximum absolute atomic E-state index is 4.64. The second-order valence-corrected chi connectivity index (χ2v) is 4.44. The van der Waals surface area contributed by atoms with E-state index in [4.69, 9.17) is 0 Å². The molecule has 0 N–H and O–H groups in total. The van der Waals surface area contributed by atoms with Crippen molar-refractivity contribution in [1.29, 1.82) is 0 Å². The first-order chi connectivity index (χ1) is 8.38. The molecule has 17 heavy (non-hydrogen) atoms. The van der Waals surface area contributed by atoms with E-state index in [-0.39, 0.29) is 0 Å². The fraction of sp³-hybridized carbons (Fsp3) is 0.0714. The molecular weight excluding hydrogens is 276 g/mol. The Morgan fingerprint density at radius 2 is 1.82 bits per heavy atom. The monoisotopic (exact) mass is 286 g/mol. The Morgan fingerprint density at radius 1 is 1.00 bits per heavy atom. The molecule has 0 spiro atoms. The van der Waals surface area contributed by atoms with E-state index in [0.717, 1.165) is 27.8 Å². The smallest absolute Gasteiger partial charge is 0.0933 e. The molecule has 3 heteroatoms. The Bertz CT molecular complexity index is 644. The van der Waals surface area contributed by atoms with Crippen molar-refractivity contribution in [3.63, 3.8) is 0 Å². The number of fused-ring (bicyclic) bond motifs is 1. The zero-order valence-corrected chi connectivity index (χ0v) is 10.8. The highest BCUT2D eigenvalue weighted by atomic mass is 79.9. The van der Waals surface area contributed by atoms with E-state index in [2.05, 4.69) is 57.4 Å². The zero-order valence-electron chi connectivity index (χ0n) is 9.18. The number of benzene rings is 1. The minimum Gasteiger partial charge on any atom is -0.236 e. The Kier molecular flexibility index (Phi) is 2.69. The molecule has 0 amide bonds. The van der Waals surface area contributed by atoms with Gasteiger partial charge in [-0.1, -0.05) is 52.3 Å². The molecule has 0 aliphatic heterocycles. The summed E-state index contributed by atoms with van der Waals surface area (Å²) in [5.74, 6) is 0. The average Bonchev–Trinajstić information content (AvgIpc) is 2.83. The normalized spacial score (nSPS) is 10.9. The van der Waals surface area contributed by atoms with E-state index in [1.807, 2.05) is 22.7 Å². The quantitative estimate of drug-likeness (QED) is 0.653. The molecule has 2 aromatic heterocycles. The van der Waals surface area contributed by atoms with Crippen LogP contribution in [0.3, 0.4) is 0 Å². The number of hydrogen-bond donors (Lipinski definition) is 0. The lowest BCUT2D eigenvalue weighted by molar-refractivity contribution is 0.913. The van der Waals surface area contributed by atoms with Crippen LogP contribution in [0.2, 0.25) is 0 Å². The Labute approximate surface area is 108 Å². The molecule has 0 radical (unpaired) electrons. The number of nitrogens with zero attached hydrogens (tertiary/aromatic N) is 2. The fourth-order valence-corrected chi connectivity index (χ4v) is 2.35. The van der Waals surface area contributed by atoms with Gasteiger partial charge >= 0.3 is 0 Å². The Hall–Kier alpha value is -1.61. The standard InChI is InChI=1S/C14H11BrN2/c15-10-13-8-4-7-12-9-14(16-17(12)13)11-5-2-1-3-6-11/h1-9H,10H2. The number of hydrogen-bond acceptors (Lipinski definition) is 1. The lowest BCUT2D eigenvalue weighted by Gasteiger charge is -1.99. The van der Waals surface area contributed by atoms with Crippen LogP contribution in [-0.4, -0.2) is 9.61 Å². The second-order valence-electron chi connectivity index (χ2n) is 3.88. The van der Waals surface area contributed by atoms with Crippen molar-refractivity contribution in [2.75, 3.05) is 0 Å². The number of aromatic nitrogens is 2. The van der Waals surface area contributed by atoms with Gasteiger partial charge in [0.15, 0.2) is 0 Å². The van der Waals surface area contributed by atoms with Crippen molar-refractivity contribution in [1.82, 2.24) is 9.61 Å². The lowest BCUT2D eigenvalue weighted by atomic mass is 10.1. The summed E-state index contributed by atoms with van der Waals surface area (Å²) in [4.78, 5) is 0. The summed E-state index contributed by atoms with van der Waals surface area (Å²) in [6, 6.07) is 18.6. The van der Waals surface area contributed by atoms with Crippen LogP contribution in [0.4, 0.5) is 0 Å².